The molecule has 3 heteroatoms. The molecule has 0 aromatic carbocycles. The zero-order chi connectivity index (χ0) is 14.1. The lowest BCUT2D eigenvalue weighted by molar-refractivity contribution is 0.178. The van der Waals surface area contributed by atoms with E-state index in [2.05, 4.69) is 30.1 Å². The molecule has 0 bridgehead atoms. The summed E-state index contributed by atoms with van der Waals surface area (Å²) in [5.41, 5.74) is -0.341. The van der Waals surface area contributed by atoms with Crippen molar-refractivity contribution in [2.45, 2.75) is 64.8 Å². The van der Waals surface area contributed by atoms with Gasteiger partial charge in [0, 0.05) is 6.54 Å². The Morgan fingerprint density at radius 3 is 2.58 bits per heavy atom. The molecule has 1 N–H and O–H groups in total. The third-order valence-corrected chi connectivity index (χ3v) is 4.35. The molecule has 0 amide bonds. The van der Waals surface area contributed by atoms with Gasteiger partial charge in [-0.05, 0) is 64.6 Å². The molecule has 1 aliphatic carbocycles. The standard InChI is InChI=1S/C16H31N3/c1-4-11-18-16(3,14-17)10-7-12-19(5-2)13-15-8-6-9-15/h15,18H,4-13H2,1-3H3. The van der Waals surface area contributed by atoms with Gasteiger partial charge in [0.05, 0.1) is 6.07 Å². The van der Waals surface area contributed by atoms with E-state index in [0.717, 1.165) is 44.8 Å². The first-order valence-corrected chi connectivity index (χ1v) is 8.02. The lowest BCUT2D eigenvalue weighted by Gasteiger charge is -2.32. The molecule has 0 aromatic rings. The molecule has 1 atom stereocenters. The van der Waals surface area contributed by atoms with Gasteiger partial charge in [-0.25, -0.2) is 0 Å². The van der Waals surface area contributed by atoms with Crippen LogP contribution in [0.25, 0.3) is 0 Å². The van der Waals surface area contributed by atoms with E-state index in [9.17, 15) is 5.26 Å². The summed E-state index contributed by atoms with van der Waals surface area (Å²) in [5.74, 6) is 0.945. The smallest absolute Gasteiger partial charge is 0.103 e. The summed E-state index contributed by atoms with van der Waals surface area (Å²) in [5, 5.41) is 12.7. The molecule has 0 radical (unpaired) electrons. The largest absolute Gasteiger partial charge is 0.303 e. The van der Waals surface area contributed by atoms with Crippen LogP contribution in [0, 0.1) is 17.2 Å². The summed E-state index contributed by atoms with van der Waals surface area (Å²) in [6, 6.07) is 2.44. The quantitative estimate of drug-likeness (QED) is 0.659. The van der Waals surface area contributed by atoms with Crippen LogP contribution < -0.4 is 5.32 Å². The van der Waals surface area contributed by atoms with Gasteiger partial charge in [0.2, 0.25) is 0 Å². The number of nitrogens with one attached hydrogen (secondary N) is 1. The number of hydrogen-bond acceptors (Lipinski definition) is 3. The second-order valence-corrected chi connectivity index (χ2v) is 6.16. The summed E-state index contributed by atoms with van der Waals surface area (Å²) in [4.78, 5) is 2.56. The van der Waals surface area contributed by atoms with Gasteiger partial charge in [-0.3, -0.25) is 5.32 Å². The lowest BCUT2D eigenvalue weighted by Crippen LogP contribution is -2.42. The fraction of sp³-hybridized carbons (Fsp3) is 0.938. The first-order chi connectivity index (χ1) is 9.13. The zero-order valence-corrected chi connectivity index (χ0v) is 13.0. The molecule has 1 fully saturated rings. The van der Waals surface area contributed by atoms with E-state index in [1.165, 1.54) is 25.8 Å². The molecule has 110 valence electrons. The zero-order valence-electron chi connectivity index (χ0n) is 13.0. The Labute approximate surface area is 119 Å². The van der Waals surface area contributed by atoms with Crippen LogP contribution in [0.5, 0.6) is 0 Å². The van der Waals surface area contributed by atoms with Crippen LogP contribution in [0.3, 0.4) is 0 Å². The van der Waals surface area contributed by atoms with Crippen molar-refractivity contribution >= 4 is 0 Å². The molecular formula is C16H31N3. The first kappa shape index (κ1) is 16.5. The summed E-state index contributed by atoms with van der Waals surface area (Å²) < 4.78 is 0. The van der Waals surface area contributed by atoms with Crippen LogP contribution in [0.1, 0.15) is 59.3 Å². The second-order valence-electron chi connectivity index (χ2n) is 6.16. The summed E-state index contributed by atoms with van der Waals surface area (Å²) >= 11 is 0. The highest BCUT2D eigenvalue weighted by atomic mass is 15.1. The Balaban J connectivity index is 2.23. The Morgan fingerprint density at radius 1 is 1.37 bits per heavy atom. The van der Waals surface area contributed by atoms with Crippen molar-refractivity contribution in [2.24, 2.45) is 5.92 Å². The van der Waals surface area contributed by atoms with Gasteiger partial charge >= 0.3 is 0 Å². The second kappa shape index (κ2) is 8.55. The summed E-state index contributed by atoms with van der Waals surface area (Å²) in [7, 11) is 0. The molecule has 0 aliphatic heterocycles. The first-order valence-electron chi connectivity index (χ1n) is 8.02. The van der Waals surface area contributed by atoms with Crippen molar-refractivity contribution in [2.75, 3.05) is 26.2 Å². The molecule has 1 aliphatic rings. The number of hydrogen-bond donors (Lipinski definition) is 1. The Morgan fingerprint density at radius 2 is 2.11 bits per heavy atom. The lowest BCUT2D eigenvalue weighted by atomic mass is 9.85. The SMILES string of the molecule is CCCNC(C)(C#N)CCCN(CC)CC1CCC1. The van der Waals surface area contributed by atoms with Crippen molar-refractivity contribution < 1.29 is 0 Å². The maximum absolute atomic E-state index is 9.30. The third kappa shape index (κ3) is 5.93. The van der Waals surface area contributed by atoms with E-state index in [1.54, 1.807) is 0 Å². The molecule has 1 unspecified atom stereocenters. The van der Waals surface area contributed by atoms with Crippen LogP contribution in [0.15, 0.2) is 0 Å². The van der Waals surface area contributed by atoms with Gasteiger partial charge in [-0.2, -0.15) is 5.26 Å². The molecule has 0 heterocycles. The average Bonchev–Trinajstić information content (AvgIpc) is 2.38. The van der Waals surface area contributed by atoms with Gasteiger partial charge in [0.25, 0.3) is 0 Å². The van der Waals surface area contributed by atoms with E-state index >= 15 is 0 Å². The van der Waals surface area contributed by atoms with Crippen molar-refractivity contribution in [1.29, 1.82) is 5.26 Å². The number of rotatable bonds is 10. The Bertz CT molecular complexity index is 280. The van der Waals surface area contributed by atoms with E-state index in [1.807, 2.05) is 6.92 Å². The van der Waals surface area contributed by atoms with Gasteiger partial charge in [0.1, 0.15) is 5.54 Å². The minimum absolute atomic E-state index is 0.341. The molecule has 1 saturated carbocycles. The minimum atomic E-state index is -0.341. The Hall–Kier alpha value is -0.590. The molecule has 0 saturated heterocycles. The van der Waals surface area contributed by atoms with E-state index in [0.29, 0.717) is 0 Å². The highest BCUT2D eigenvalue weighted by Gasteiger charge is 2.23. The van der Waals surface area contributed by atoms with Crippen molar-refractivity contribution in [1.82, 2.24) is 10.2 Å². The van der Waals surface area contributed by atoms with Gasteiger partial charge in [-0.1, -0.05) is 20.3 Å². The molecule has 3 nitrogen and oxygen atoms in total. The van der Waals surface area contributed by atoms with Crippen molar-refractivity contribution in [3.63, 3.8) is 0 Å². The maximum atomic E-state index is 9.30. The van der Waals surface area contributed by atoms with Crippen LogP contribution in [0.4, 0.5) is 0 Å². The fourth-order valence-corrected chi connectivity index (χ4v) is 2.66. The maximum Gasteiger partial charge on any atom is 0.103 e. The highest BCUT2D eigenvalue weighted by molar-refractivity contribution is 5.03. The average molecular weight is 265 g/mol. The number of nitrogens with zero attached hydrogens (tertiary/aromatic N) is 2. The molecule has 1 rings (SSSR count). The highest BCUT2D eigenvalue weighted by Crippen LogP contribution is 2.27. The molecule has 0 spiro atoms. The van der Waals surface area contributed by atoms with Gasteiger partial charge in [0.15, 0.2) is 0 Å². The third-order valence-electron chi connectivity index (χ3n) is 4.35. The summed E-state index contributed by atoms with van der Waals surface area (Å²) in [6.45, 7) is 10.9. The minimum Gasteiger partial charge on any atom is -0.303 e. The van der Waals surface area contributed by atoms with Gasteiger partial charge in [-0.15, -0.1) is 0 Å². The van der Waals surface area contributed by atoms with Crippen molar-refractivity contribution in [3.8, 4) is 6.07 Å². The van der Waals surface area contributed by atoms with Crippen LogP contribution >= 0.6 is 0 Å². The monoisotopic (exact) mass is 265 g/mol. The van der Waals surface area contributed by atoms with Gasteiger partial charge < -0.3 is 4.90 Å². The van der Waals surface area contributed by atoms with E-state index in [4.69, 9.17) is 0 Å². The predicted molar refractivity (Wildman–Crippen MR) is 81.0 cm³/mol. The number of nitriles is 1. The van der Waals surface area contributed by atoms with Crippen LogP contribution in [0.2, 0.25) is 0 Å². The predicted octanol–water partition coefficient (Wildman–Crippen LogP) is 3.17. The van der Waals surface area contributed by atoms with Crippen LogP contribution in [-0.4, -0.2) is 36.6 Å². The van der Waals surface area contributed by atoms with E-state index < -0.39 is 0 Å². The molecule has 0 aromatic heterocycles. The fourth-order valence-electron chi connectivity index (χ4n) is 2.66. The topological polar surface area (TPSA) is 39.1 Å². The van der Waals surface area contributed by atoms with Crippen molar-refractivity contribution in [3.05, 3.63) is 0 Å². The Kier molecular flexibility index (Phi) is 7.41. The van der Waals surface area contributed by atoms with Crippen LogP contribution in [-0.2, 0) is 0 Å². The normalized spacial score (nSPS) is 18.9. The molecular weight excluding hydrogens is 234 g/mol. The molecule has 19 heavy (non-hydrogen) atoms. The summed E-state index contributed by atoms with van der Waals surface area (Å²) in [6.07, 6.45) is 7.41. The van der Waals surface area contributed by atoms with E-state index in [-0.39, 0.29) is 5.54 Å².